The molecule has 6 heteroatoms. The highest BCUT2D eigenvalue weighted by molar-refractivity contribution is 6.04. The number of hydrogen-bond donors (Lipinski definition) is 3. The minimum Gasteiger partial charge on any atom is -0.352 e. The number of benzene rings is 1. The third-order valence-corrected chi connectivity index (χ3v) is 5.51. The summed E-state index contributed by atoms with van der Waals surface area (Å²) in [5, 5.41) is 5.84. The minimum atomic E-state index is -0.200. The van der Waals surface area contributed by atoms with Crippen molar-refractivity contribution >= 4 is 17.5 Å². The second-order valence-corrected chi connectivity index (χ2v) is 7.61. The smallest absolute Gasteiger partial charge is 0.257 e. The van der Waals surface area contributed by atoms with Crippen LogP contribution in [0.5, 0.6) is 0 Å². The molecule has 0 atom stereocenters. The lowest BCUT2D eigenvalue weighted by atomic mass is 9.71. The summed E-state index contributed by atoms with van der Waals surface area (Å²) in [4.78, 5) is 28.5. The quantitative estimate of drug-likeness (QED) is 0.687. The number of pyridine rings is 1. The number of rotatable bonds is 7. The summed E-state index contributed by atoms with van der Waals surface area (Å²) in [6.07, 6.45) is 9.32. The number of amides is 2. The van der Waals surface area contributed by atoms with Gasteiger partial charge in [0.25, 0.3) is 5.91 Å². The number of hydrogen-bond acceptors (Lipinski definition) is 4. The van der Waals surface area contributed by atoms with Gasteiger partial charge in [0.15, 0.2) is 0 Å². The monoisotopic (exact) mass is 380 g/mol. The highest BCUT2D eigenvalue weighted by atomic mass is 16.2. The first-order valence-electron chi connectivity index (χ1n) is 9.87. The molecule has 3 rings (SSSR count). The van der Waals surface area contributed by atoms with Gasteiger partial charge in [-0.3, -0.25) is 14.6 Å². The van der Waals surface area contributed by atoms with E-state index in [-0.39, 0.29) is 17.2 Å². The van der Waals surface area contributed by atoms with Crippen molar-refractivity contribution in [2.24, 2.45) is 11.1 Å². The number of anilines is 1. The van der Waals surface area contributed by atoms with Crippen molar-refractivity contribution in [3.05, 3.63) is 59.9 Å². The fourth-order valence-corrected chi connectivity index (χ4v) is 3.76. The Hall–Kier alpha value is -2.73. The maximum absolute atomic E-state index is 12.4. The molecule has 0 radical (unpaired) electrons. The van der Waals surface area contributed by atoms with Gasteiger partial charge in [0, 0.05) is 31.0 Å². The van der Waals surface area contributed by atoms with Crippen LogP contribution in [0.1, 0.15) is 54.4 Å². The second-order valence-electron chi connectivity index (χ2n) is 7.61. The average molecular weight is 380 g/mol. The van der Waals surface area contributed by atoms with Gasteiger partial charge in [-0.1, -0.05) is 31.4 Å². The molecule has 0 spiro atoms. The zero-order valence-corrected chi connectivity index (χ0v) is 16.1. The lowest BCUT2D eigenvalue weighted by Crippen LogP contribution is -2.38. The molecule has 1 fully saturated rings. The van der Waals surface area contributed by atoms with E-state index in [1.54, 1.807) is 18.3 Å². The summed E-state index contributed by atoms with van der Waals surface area (Å²) < 4.78 is 0. The van der Waals surface area contributed by atoms with E-state index in [4.69, 9.17) is 5.73 Å². The summed E-state index contributed by atoms with van der Waals surface area (Å²) in [7, 11) is 0. The SMILES string of the molecule is NCC1(CC(=O)NCc2ccc(NC(=O)c3cccnc3)cc2)CCCCC1. The van der Waals surface area contributed by atoms with Crippen LogP contribution < -0.4 is 16.4 Å². The Balaban J connectivity index is 1.49. The molecule has 6 nitrogen and oxygen atoms in total. The van der Waals surface area contributed by atoms with E-state index in [9.17, 15) is 9.59 Å². The highest BCUT2D eigenvalue weighted by Crippen LogP contribution is 2.38. The molecular formula is C22H28N4O2. The summed E-state index contributed by atoms with van der Waals surface area (Å²) >= 11 is 0. The maximum atomic E-state index is 12.4. The molecule has 1 aromatic heterocycles. The summed E-state index contributed by atoms with van der Waals surface area (Å²) in [5.74, 6) is -0.143. The molecule has 0 aliphatic heterocycles. The molecule has 1 aromatic carbocycles. The van der Waals surface area contributed by atoms with Crippen LogP contribution >= 0.6 is 0 Å². The van der Waals surface area contributed by atoms with Gasteiger partial charge >= 0.3 is 0 Å². The lowest BCUT2D eigenvalue weighted by molar-refractivity contribution is -0.124. The minimum absolute atomic E-state index is 0.0250. The van der Waals surface area contributed by atoms with Crippen LogP contribution in [0.25, 0.3) is 0 Å². The van der Waals surface area contributed by atoms with E-state index in [1.807, 2.05) is 24.3 Å². The van der Waals surface area contributed by atoms with Crippen LogP contribution in [-0.2, 0) is 11.3 Å². The van der Waals surface area contributed by atoms with Gasteiger partial charge in [-0.15, -0.1) is 0 Å². The van der Waals surface area contributed by atoms with Crippen molar-refractivity contribution in [1.29, 1.82) is 0 Å². The molecule has 1 aliphatic carbocycles. The van der Waals surface area contributed by atoms with E-state index in [0.29, 0.717) is 30.8 Å². The first-order chi connectivity index (χ1) is 13.6. The van der Waals surface area contributed by atoms with Crippen LogP contribution in [-0.4, -0.2) is 23.3 Å². The van der Waals surface area contributed by atoms with Crippen LogP contribution in [0.4, 0.5) is 5.69 Å². The number of nitrogens with zero attached hydrogens (tertiary/aromatic N) is 1. The molecule has 0 unspecified atom stereocenters. The van der Waals surface area contributed by atoms with Crippen molar-refractivity contribution < 1.29 is 9.59 Å². The largest absolute Gasteiger partial charge is 0.352 e. The van der Waals surface area contributed by atoms with Gasteiger partial charge in [0.2, 0.25) is 5.91 Å². The molecule has 1 heterocycles. The Bertz CT molecular complexity index is 784. The van der Waals surface area contributed by atoms with E-state index in [0.717, 1.165) is 31.2 Å². The van der Waals surface area contributed by atoms with Gasteiger partial charge < -0.3 is 16.4 Å². The Morgan fingerprint density at radius 1 is 1.07 bits per heavy atom. The van der Waals surface area contributed by atoms with Crippen molar-refractivity contribution in [3.63, 3.8) is 0 Å². The van der Waals surface area contributed by atoms with E-state index in [1.165, 1.54) is 12.6 Å². The van der Waals surface area contributed by atoms with Crippen molar-refractivity contribution in [3.8, 4) is 0 Å². The Labute approximate surface area is 165 Å². The van der Waals surface area contributed by atoms with Crippen LogP contribution in [0.3, 0.4) is 0 Å². The third kappa shape index (κ3) is 5.39. The summed E-state index contributed by atoms with van der Waals surface area (Å²) in [5.41, 5.74) is 8.14. The molecule has 1 aliphatic rings. The molecule has 2 aromatic rings. The fourth-order valence-electron chi connectivity index (χ4n) is 3.76. The third-order valence-electron chi connectivity index (χ3n) is 5.51. The van der Waals surface area contributed by atoms with E-state index < -0.39 is 0 Å². The van der Waals surface area contributed by atoms with Crippen molar-refractivity contribution in [2.45, 2.75) is 45.1 Å². The number of carbonyl (C=O) groups is 2. The van der Waals surface area contributed by atoms with Crippen LogP contribution in [0.15, 0.2) is 48.8 Å². The predicted molar refractivity (Wildman–Crippen MR) is 110 cm³/mol. The standard InChI is InChI=1S/C22H28N4O2/c23-16-22(10-2-1-3-11-22)13-20(27)25-14-17-6-8-19(9-7-17)26-21(28)18-5-4-12-24-15-18/h4-9,12,15H,1-3,10-11,13-14,16,23H2,(H,25,27)(H,26,28). The predicted octanol–water partition coefficient (Wildman–Crippen LogP) is 3.25. The summed E-state index contributed by atoms with van der Waals surface area (Å²) in [6.45, 7) is 1.04. The first kappa shape index (κ1) is 20.0. The lowest BCUT2D eigenvalue weighted by Gasteiger charge is -2.35. The van der Waals surface area contributed by atoms with E-state index >= 15 is 0 Å². The zero-order valence-electron chi connectivity index (χ0n) is 16.1. The number of aromatic nitrogens is 1. The Morgan fingerprint density at radius 2 is 1.82 bits per heavy atom. The van der Waals surface area contributed by atoms with Crippen LogP contribution in [0, 0.1) is 5.41 Å². The topological polar surface area (TPSA) is 97.1 Å². The molecule has 28 heavy (non-hydrogen) atoms. The van der Waals surface area contributed by atoms with Gasteiger partial charge in [0.05, 0.1) is 5.56 Å². The van der Waals surface area contributed by atoms with Gasteiger partial charge in [-0.2, -0.15) is 0 Å². The molecule has 148 valence electrons. The van der Waals surface area contributed by atoms with Crippen molar-refractivity contribution in [2.75, 3.05) is 11.9 Å². The Morgan fingerprint density at radius 3 is 2.46 bits per heavy atom. The molecule has 0 saturated heterocycles. The van der Waals surface area contributed by atoms with E-state index in [2.05, 4.69) is 15.6 Å². The molecule has 0 bridgehead atoms. The second kappa shape index (κ2) is 9.46. The first-order valence-corrected chi connectivity index (χ1v) is 9.87. The molecule has 1 saturated carbocycles. The zero-order chi connectivity index (χ0) is 19.8. The number of nitrogens with one attached hydrogen (secondary N) is 2. The van der Waals surface area contributed by atoms with Gasteiger partial charge in [-0.25, -0.2) is 0 Å². The molecular weight excluding hydrogens is 352 g/mol. The fraction of sp³-hybridized carbons (Fsp3) is 0.409. The normalized spacial score (nSPS) is 15.6. The number of carbonyl (C=O) groups excluding carboxylic acids is 2. The van der Waals surface area contributed by atoms with Gasteiger partial charge in [0.1, 0.15) is 0 Å². The summed E-state index contributed by atoms with van der Waals surface area (Å²) in [6, 6.07) is 10.9. The van der Waals surface area contributed by atoms with Crippen molar-refractivity contribution in [1.82, 2.24) is 10.3 Å². The molecule has 2 amide bonds. The maximum Gasteiger partial charge on any atom is 0.257 e. The highest BCUT2D eigenvalue weighted by Gasteiger charge is 2.32. The van der Waals surface area contributed by atoms with Crippen LogP contribution in [0.2, 0.25) is 0 Å². The average Bonchev–Trinajstić information content (AvgIpc) is 2.74. The number of nitrogens with two attached hydrogens (primary N) is 1. The molecule has 4 N–H and O–H groups in total. The van der Waals surface area contributed by atoms with Gasteiger partial charge in [-0.05, 0) is 54.6 Å². The Kier molecular flexibility index (Phi) is 6.76.